The Balaban J connectivity index is 2.47. The summed E-state index contributed by atoms with van der Waals surface area (Å²) in [6.07, 6.45) is 1.88. The zero-order valence-corrected chi connectivity index (χ0v) is 11.1. The van der Waals surface area contributed by atoms with Crippen molar-refractivity contribution in [2.45, 2.75) is 33.1 Å². The smallest absolute Gasteiger partial charge is 0.307 e. The molecule has 3 N–H and O–H groups in total. The fourth-order valence-electron chi connectivity index (χ4n) is 2.58. The van der Waals surface area contributed by atoms with Crippen LogP contribution in [0.1, 0.15) is 33.1 Å². The van der Waals surface area contributed by atoms with Gasteiger partial charge in [0.1, 0.15) is 0 Å². The van der Waals surface area contributed by atoms with Crippen LogP contribution in [0.2, 0.25) is 0 Å². The highest BCUT2D eigenvalue weighted by Crippen LogP contribution is 2.36. The lowest BCUT2D eigenvalue weighted by Gasteiger charge is -2.17. The molecule has 0 bridgehead atoms. The van der Waals surface area contributed by atoms with Crippen LogP contribution in [0.15, 0.2) is 0 Å². The lowest BCUT2D eigenvalue weighted by molar-refractivity contribution is -0.146. The predicted molar refractivity (Wildman–Crippen MR) is 66.9 cm³/mol. The number of aliphatic hydroxyl groups excluding tert-OH is 1. The summed E-state index contributed by atoms with van der Waals surface area (Å²) < 4.78 is 0. The maximum atomic E-state index is 12.0. The van der Waals surface area contributed by atoms with Crippen molar-refractivity contribution in [3.63, 3.8) is 0 Å². The van der Waals surface area contributed by atoms with Crippen LogP contribution in [0.3, 0.4) is 0 Å². The van der Waals surface area contributed by atoms with Gasteiger partial charge < -0.3 is 15.5 Å². The van der Waals surface area contributed by atoms with Crippen LogP contribution in [0, 0.1) is 23.7 Å². The van der Waals surface area contributed by atoms with Gasteiger partial charge in [-0.25, -0.2) is 0 Å². The number of carbonyl (C=O) groups is 2. The highest BCUT2D eigenvalue weighted by Gasteiger charge is 2.41. The first-order valence-electron chi connectivity index (χ1n) is 6.57. The van der Waals surface area contributed by atoms with E-state index >= 15 is 0 Å². The molecule has 1 rings (SSSR count). The molecule has 1 aliphatic rings. The molecule has 18 heavy (non-hydrogen) atoms. The number of nitrogens with one attached hydrogen (secondary N) is 1. The quantitative estimate of drug-likeness (QED) is 0.659. The highest BCUT2D eigenvalue weighted by atomic mass is 16.4. The van der Waals surface area contributed by atoms with Gasteiger partial charge in [0, 0.05) is 13.2 Å². The summed E-state index contributed by atoms with van der Waals surface area (Å²) in [6.45, 7) is 4.53. The van der Waals surface area contributed by atoms with Crippen LogP contribution >= 0.6 is 0 Å². The van der Waals surface area contributed by atoms with Gasteiger partial charge >= 0.3 is 5.97 Å². The summed E-state index contributed by atoms with van der Waals surface area (Å²) in [4.78, 5) is 23.1. The van der Waals surface area contributed by atoms with Crippen LogP contribution in [0.4, 0.5) is 0 Å². The third-order valence-electron chi connectivity index (χ3n) is 3.70. The molecule has 5 nitrogen and oxygen atoms in total. The Morgan fingerprint density at radius 1 is 1.33 bits per heavy atom. The number of carboxylic acids is 1. The van der Waals surface area contributed by atoms with Crippen molar-refractivity contribution in [2.24, 2.45) is 23.7 Å². The van der Waals surface area contributed by atoms with E-state index in [0.717, 1.165) is 0 Å². The second-order valence-electron chi connectivity index (χ2n) is 5.49. The summed E-state index contributed by atoms with van der Waals surface area (Å²) in [5, 5.41) is 20.7. The average molecular weight is 257 g/mol. The van der Waals surface area contributed by atoms with E-state index < -0.39 is 17.8 Å². The van der Waals surface area contributed by atoms with Gasteiger partial charge in [-0.1, -0.05) is 13.8 Å². The van der Waals surface area contributed by atoms with Crippen molar-refractivity contribution in [3.8, 4) is 0 Å². The molecular weight excluding hydrogens is 234 g/mol. The Morgan fingerprint density at radius 2 is 1.94 bits per heavy atom. The Bertz CT molecular complexity index is 305. The van der Waals surface area contributed by atoms with Gasteiger partial charge in [0.25, 0.3) is 0 Å². The second kappa shape index (κ2) is 6.73. The van der Waals surface area contributed by atoms with Crippen LogP contribution in [-0.4, -0.2) is 35.2 Å². The molecule has 104 valence electrons. The second-order valence-corrected chi connectivity index (χ2v) is 5.49. The van der Waals surface area contributed by atoms with E-state index in [9.17, 15) is 9.59 Å². The first kappa shape index (κ1) is 15.0. The average Bonchev–Trinajstić information content (AvgIpc) is 2.69. The molecule has 1 fully saturated rings. The summed E-state index contributed by atoms with van der Waals surface area (Å²) in [5.74, 6) is -1.48. The molecule has 1 aliphatic carbocycles. The fraction of sp³-hybridized carbons (Fsp3) is 0.846. The molecule has 1 saturated carbocycles. The van der Waals surface area contributed by atoms with Crippen molar-refractivity contribution < 1.29 is 19.8 Å². The fourth-order valence-corrected chi connectivity index (χ4v) is 2.58. The van der Waals surface area contributed by atoms with Crippen LogP contribution in [-0.2, 0) is 9.59 Å². The molecular formula is C13H23NO4. The molecule has 0 spiro atoms. The summed E-state index contributed by atoms with van der Waals surface area (Å²) in [5.41, 5.74) is 0. The number of hydrogen-bond acceptors (Lipinski definition) is 3. The third kappa shape index (κ3) is 3.98. The Kier molecular flexibility index (Phi) is 5.59. The lowest BCUT2D eigenvalue weighted by atomic mass is 9.95. The largest absolute Gasteiger partial charge is 0.481 e. The number of hydrogen-bond donors (Lipinski definition) is 3. The summed E-state index contributed by atoms with van der Waals surface area (Å²) in [7, 11) is 0. The Hall–Kier alpha value is -1.10. The van der Waals surface area contributed by atoms with E-state index in [0.29, 0.717) is 25.8 Å². The van der Waals surface area contributed by atoms with Crippen molar-refractivity contribution >= 4 is 11.9 Å². The van der Waals surface area contributed by atoms with Gasteiger partial charge in [0.05, 0.1) is 11.8 Å². The SMILES string of the molecule is CC(CCO)CNC(=O)[C@H]1CC(C)C[C@H]1C(=O)O. The van der Waals surface area contributed by atoms with E-state index in [1.165, 1.54) is 0 Å². The van der Waals surface area contributed by atoms with Crippen molar-refractivity contribution in [1.82, 2.24) is 5.32 Å². The van der Waals surface area contributed by atoms with Gasteiger partial charge in [0.2, 0.25) is 5.91 Å². The first-order chi connectivity index (χ1) is 8.45. The van der Waals surface area contributed by atoms with E-state index in [1.54, 1.807) is 0 Å². The molecule has 0 aliphatic heterocycles. The van der Waals surface area contributed by atoms with Gasteiger partial charge in [0.15, 0.2) is 0 Å². The number of rotatable bonds is 6. The van der Waals surface area contributed by atoms with Crippen LogP contribution in [0.25, 0.3) is 0 Å². The molecule has 1 amide bonds. The highest BCUT2D eigenvalue weighted by molar-refractivity contribution is 5.85. The predicted octanol–water partition coefficient (Wildman–Crippen LogP) is 0.868. The minimum absolute atomic E-state index is 0.106. The molecule has 4 atom stereocenters. The first-order valence-corrected chi connectivity index (χ1v) is 6.57. The Labute approximate surface area is 108 Å². The minimum atomic E-state index is -0.872. The summed E-state index contributed by atoms with van der Waals surface area (Å²) >= 11 is 0. The third-order valence-corrected chi connectivity index (χ3v) is 3.70. The van der Waals surface area contributed by atoms with Gasteiger partial charge in [-0.15, -0.1) is 0 Å². The number of carboxylic acid groups (broad SMARTS) is 1. The van der Waals surface area contributed by atoms with Crippen LogP contribution in [0.5, 0.6) is 0 Å². The molecule has 0 saturated heterocycles. The zero-order valence-electron chi connectivity index (χ0n) is 11.1. The van der Waals surface area contributed by atoms with Gasteiger partial charge in [-0.2, -0.15) is 0 Å². The molecule has 5 heteroatoms. The Morgan fingerprint density at radius 3 is 2.50 bits per heavy atom. The van der Waals surface area contributed by atoms with Crippen molar-refractivity contribution in [1.29, 1.82) is 0 Å². The molecule has 0 aromatic heterocycles. The monoisotopic (exact) mass is 257 g/mol. The normalized spacial score (nSPS) is 28.9. The lowest BCUT2D eigenvalue weighted by Crippen LogP contribution is -2.37. The maximum Gasteiger partial charge on any atom is 0.307 e. The number of amides is 1. The summed E-state index contributed by atoms with van der Waals surface area (Å²) in [6, 6.07) is 0. The zero-order chi connectivity index (χ0) is 13.7. The van der Waals surface area contributed by atoms with E-state index in [4.69, 9.17) is 10.2 Å². The standard InChI is InChI=1S/C13H23NO4/c1-8(3-4-15)7-14-12(16)10-5-9(2)6-11(10)13(17)18/h8-11,15H,3-7H2,1-2H3,(H,14,16)(H,17,18)/t8?,9?,10-,11+/m0/s1. The van der Waals surface area contributed by atoms with Gasteiger partial charge in [-0.05, 0) is 31.1 Å². The maximum absolute atomic E-state index is 12.0. The van der Waals surface area contributed by atoms with Crippen molar-refractivity contribution in [3.05, 3.63) is 0 Å². The van der Waals surface area contributed by atoms with Crippen molar-refractivity contribution in [2.75, 3.05) is 13.2 Å². The molecule has 2 unspecified atom stereocenters. The van der Waals surface area contributed by atoms with E-state index in [1.807, 2.05) is 13.8 Å². The molecule has 0 radical (unpaired) electrons. The topological polar surface area (TPSA) is 86.6 Å². The molecule has 0 heterocycles. The van der Waals surface area contributed by atoms with Crippen LogP contribution < -0.4 is 5.32 Å². The van der Waals surface area contributed by atoms with E-state index in [-0.39, 0.29) is 24.3 Å². The molecule has 0 aromatic carbocycles. The number of carbonyl (C=O) groups excluding carboxylic acids is 1. The molecule has 0 aromatic rings. The number of aliphatic carboxylic acids is 1. The minimum Gasteiger partial charge on any atom is -0.481 e. The number of aliphatic hydroxyl groups is 1. The van der Waals surface area contributed by atoms with Gasteiger partial charge in [-0.3, -0.25) is 9.59 Å². The van der Waals surface area contributed by atoms with E-state index in [2.05, 4.69) is 5.32 Å².